The second-order valence-electron chi connectivity index (χ2n) is 5.60. The Kier molecular flexibility index (Phi) is 4.05. The largest absolute Gasteiger partial charge is 0.480 e. The molecule has 0 radical (unpaired) electrons. The Labute approximate surface area is 132 Å². The molecule has 8 nitrogen and oxygen atoms in total. The highest BCUT2D eigenvalue weighted by Crippen LogP contribution is 2.22. The van der Waals surface area contributed by atoms with Crippen molar-refractivity contribution in [3.63, 3.8) is 0 Å². The van der Waals surface area contributed by atoms with Crippen molar-refractivity contribution in [2.45, 2.75) is 32.2 Å². The molecular formula is C15H17N5O3. The van der Waals surface area contributed by atoms with Crippen molar-refractivity contribution in [3.8, 4) is 5.69 Å². The molecular weight excluding hydrogens is 298 g/mol. The summed E-state index contributed by atoms with van der Waals surface area (Å²) in [5.74, 6) is -1.19. The van der Waals surface area contributed by atoms with Gasteiger partial charge in [-0.25, -0.2) is 9.48 Å². The first kappa shape index (κ1) is 15.1. The molecule has 1 aromatic carbocycles. The molecule has 3 rings (SSSR count). The normalized spacial score (nSPS) is 18.0. The third-order valence-corrected chi connectivity index (χ3v) is 4.09. The summed E-state index contributed by atoms with van der Waals surface area (Å²) in [5, 5.41) is 20.3. The Morgan fingerprint density at radius 3 is 2.78 bits per heavy atom. The van der Waals surface area contributed by atoms with Gasteiger partial charge in [0.25, 0.3) is 5.91 Å². The molecule has 1 saturated heterocycles. The molecule has 0 saturated carbocycles. The van der Waals surface area contributed by atoms with Crippen molar-refractivity contribution in [2.75, 3.05) is 6.54 Å². The lowest BCUT2D eigenvalue weighted by Crippen LogP contribution is -2.48. The van der Waals surface area contributed by atoms with Gasteiger partial charge in [-0.2, -0.15) is 0 Å². The van der Waals surface area contributed by atoms with E-state index in [1.165, 1.54) is 15.9 Å². The van der Waals surface area contributed by atoms with Crippen molar-refractivity contribution in [2.24, 2.45) is 0 Å². The van der Waals surface area contributed by atoms with Gasteiger partial charge in [0, 0.05) is 12.1 Å². The zero-order valence-corrected chi connectivity index (χ0v) is 12.7. The molecule has 0 bridgehead atoms. The molecule has 8 heteroatoms. The predicted molar refractivity (Wildman–Crippen MR) is 80.2 cm³/mol. The summed E-state index contributed by atoms with van der Waals surface area (Å²) in [6, 6.07) is 4.45. The fourth-order valence-corrected chi connectivity index (χ4v) is 2.91. The molecule has 0 aliphatic carbocycles. The number of aliphatic carboxylic acids is 1. The minimum atomic E-state index is -0.944. The van der Waals surface area contributed by atoms with Crippen LogP contribution in [0, 0.1) is 6.92 Å². The second kappa shape index (κ2) is 6.15. The van der Waals surface area contributed by atoms with Crippen LogP contribution in [0.4, 0.5) is 0 Å². The van der Waals surface area contributed by atoms with Crippen LogP contribution in [0.15, 0.2) is 24.5 Å². The summed E-state index contributed by atoms with van der Waals surface area (Å²) < 4.78 is 1.52. The number of hydrogen-bond donors (Lipinski definition) is 1. The number of amides is 1. The monoisotopic (exact) mass is 315 g/mol. The van der Waals surface area contributed by atoms with Gasteiger partial charge < -0.3 is 10.0 Å². The molecule has 0 spiro atoms. The molecule has 1 aromatic heterocycles. The number of tetrazole rings is 1. The van der Waals surface area contributed by atoms with Crippen LogP contribution >= 0.6 is 0 Å². The number of likely N-dealkylation sites (tertiary alicyclic amines) is 1. The zero-order chi connectivity index (χ0) is 16.4. The number of nitrogens with zero attached hydrogens (tertiary/aromatic N) is 5. The fourth-order valence-electron chi connectivity index (χ4n) is 2.91. The first-order valence-corrected chi connectivity index (χ1v) is 7.45. The maximum atomic E-state index is 12.7. The lowest BCUT2D eigenvalue weighted by atomic mass is 10.00. The third-order valence-electron chi connectivity index (χ3n) is 4.09. The van der Waals surface area contributed by atoms with E-state index >= 15 is 0 Å². The fraction of sp³-hybridized carbons (Fsp3) is 0.400. The van der Waals surface area contributed by atoms with Crippen molar-refractivity contribution < 1.29 is 14.7 Å². The number of carboxylic acids is 1. The Morgan fingerprint density at radius 1 is 1.30 bits per heavy atom. The summed E-state index contributed by atoms with van der Waals surface area (Å²) in [4.78, 5) is 25.5. The van der Waals surface area contributed by atoms with Crippen molar-refractivity contribution >= 4 is 11.9 Å². The van der Waals surface area contributed by atoms with Gasteiger partial charge >= 0.3 is 5.97 Å². The van der Waals surface area contributed by atoms with Gasteiger partial charge in [-0.3, -0.25) is 4.79 Å². The van der Waals surface area contributed by atoms with Crippen LogP contribution in [0.3, 0.4) is 0 Å². The van der Waals surface area contributed by atoms with Crippen LogP contribution in [0.25, 0.3) is 5.69 Å². The zero-order valence-electron chi connectivity index (χ0n) is 12.7. The number of piperidine rings is 1. The predicted octanol–water partition coefficient (Wildman–Crippen LogP) is 1.05. The standard InChI is InChI=1S/C15H17N5O3/c1-10-8-11(5-6-12(10)20-9-16-17-18-20)14(21)19-7-3-2-4-13(19)15(22)23/h5-6,8-9,13H,2-4,7H2,1H3,(H,22,23). The molecule has 2 aromatic rings. The van der Waals surface area contributed by atoms with Gasteiger partial charge in [-0.05, 0) is 60.4 Å². The minimum absolute atomic E-state index is 0.247. The van der Waals surface area contributed by atoms with Gasteiger partial charge in [-0.15, -0.1) is 5.10 Å². The van der Waals surface area contributed by atoms with Gasteiger partial charge in [0.2, 0.25) is 0 Å². The van der Waals surface area contributed by atoms with Crippen LogP contribution in [0.2, 0.25) is 0 Å². The Balaban J connectivity index is 1.87. The highest BCUT2D eigenvalue weighted by atomic mass is 16.4. The number of carbonyl (C=O) groups excluding carboxylic acids is 1. The van der Waals surface area contributed by atoms with E-state index in [9.17, 15) is 14.7 Å². The average Bonchev–Trinajstić information content (AvgIpc) is 3.08. The molecule has 1 aliphatic rings. The van der Waals surface area contributed by atoms with Gasteiger partial charge in [0.1, 0.15) is 12.4 Å². The second-order valence-corrected chi connectivity index (χ2v) is 5.60. The summed E-state index contributed by atoms with van der Waals surface area (Å²) in [7, 11) is 0. The van der Waals surface area contributed by atoms with Gasteiger partial charge in [0.05, 0.1) is 5.69 Å². The summed E-state index contributed by atoms with van der Waals surface area (Å²) >= 11 is 0. The minimum Gasteiger partial charge on any atom is -0.480 e. The summed E-state index contributed by atoms with van der Waals surface area (Å²) in [6.07, 6.45) is 3.65. The van der Waals surface area contributed by atoms with Crippen LogP contribution in [0.1, 0.15) is 35.2 Å². The maximum Gasteiger partial charge on any atom is 0.326 e. The van der Waals surface area contributed by atoms with E-state index < -0.39 is 12.0 Å². The van der Waals surface area contributed by atoms with Crippen molar-refractivity contribution in [1.29, 1.82) is 0 Å². The molecule has 23 heavy (non-hydrogen) atoms. The summed E-state index contributed by atoms with van der Waals surface area (Å²) in [5.41, 5.74) is 2.10. The molecule has 1 aliphatic heterocycles. The Morgan fingerprint density at radius 2 is 2.13 bits per heavy atom. The van der Waals surface area contributed by atoms with Crippen LogP contribution < -0.4 is 0 Å². The summed E-state index contributed by atoms with van der Waals surface area (Å²) in [6.45, 7) is 2.34. The molecule has 2 heterocycles. The lowest BCUT2D eigenvalue weighted by molar-refractivity contribution is -0.143. The quantitative estimate of drug-likeness (QED) is 0.908. The molecule has 1 fully saturated rings. The van der Waals surface area contributed by atoms with Crippen LogP contribution in [-0.4, -0.2) is 54.7 Å². The molecule has 1 amide bonds. The van der Waals surface area contributed by atoms with Crippen LogP contribution in [0.5, 0.6) is 0 Å². The maximum absolute atomic E-state index is 12.7. The van der Waals surface area contributed by atoms with E-state index in [0.717, 1.165) is 24.1 Å². The first-order valence-electron chi connectivity index (χ1n) is 7.45. The van der Waals surface area contributed by atoms with E-state index in [1.807, 2.05) is 6.92 Å². The van der Waals surface area contributed by atoms with Crippen molar-refractivity contribution in [3.05, 3.63) is 35.7 Å². The smallest absolute Gasteiger partial charge is 0.326 e. The molecule has 1 N–H and O–H groups in total. The van der Waals surface area contributed by atoms with E-state index in [0.29, 0.717) is 18.5 Å². The van der Waals surface area contributed by atoms with E-state index in [4.69, 9.17) is 0 Å². The molecule has 120 valence electrons. The number of hydrogen-bond acceptors (Lipinski definition) is 5. The highest BCUT2D eigenvalue weighted by molar-refractivity contribution is 5.97. The number of carboxylic acid groups (broad SMARTS) is 1. The van der Waals surface area contributed by atoms with E-state index in [1.54, 1.807) is 18.2 Å². The number of rotatable bonds is 3. The van der Waals surface area contributed by atoms with Crippen molar-refractivity contribution in [1.82, 2.24) is 25.1 Å². The number of benzene rings is 1. The molecule has 1 atom stereocenters. The van der Waals surface area contributed by atoms with E-state index in [2.05, 4.69) is 15.5 Å². The Bertz CT molecular complexity index is 729. The van der Waals surface area contributed by atoms with Crippen LogP contribution in [-0.2, 0) is 4.79 Å². The Hall–Kier alpha value is -2.77. The third kappa shape index (κ3) is 2.92. The SMILES string of the molecule is Cc1cc(C(=O)N2CCCCC2C(=O)O)ccc1-n1cnnn1. The topological polar surface area (TPSA) is 101 Å². The highest BCUT2D eigenvalue weighted by Gasteiger charge is 2.32. The lowest BCUT2D eigenvalue weighted by Gasteiger charge is -2.33. The number of aryl methyl sites for hydroxylation is 1. The van der Waals surface area contributed by atoms with Gasteiger partial charge in [-0.1, -0.05) is 0 Å². The number of aromatic nitrogens is 4. The average molecular weight is 315 g/mol. The van der Waals surface area contributed by atoms with Gasteiger partial charge in [0.15, 0.2) is 0 Å². The first-order chi connectivity index (χ1) is 11.1. The number of carbonyl (C=O) groups is 2. The molecule has 1 unspecified atom stereocenters. The van der Waals surface area contributed by atoms with E-state index in [-0.39, 0.29) is 5.91 Å².